The number of carbonyl (C=O) groups excluding carboxylic acids is 1. The number of amides is 1. The molecule has 2 aromatic rings. The summed E-state index contributed by atoms with van der Waals surface area (Å²) in [5, 5.41) is 0. The monoisotopic (exact) mass is 468 g/mol. The van der Waals surface area contributed by atoms with Gasteiger partial charge in [0.15, 0.2) is 9.84 Å². The van der Waals surface area contributed by atoms with Crippen LogP contribution in [0.15, 0.2) is 46.2 Å². The lowest BCUT2D eigenvalue weighted by Gasteiger charge is -2.30. The van der Waals surface area contributed by atoms with Gasteiger partial charge in [-0.2, -0.15) is 4.31 Å². The quantitative estimate of drug-likeness (QED) is 0.650. The summed E-state index contributed by atoms with van der Waals surface area (Å²) in [4.78, 5) is 14.6. The lowest BCUT2D eigenvalue weighted by Crippen LogP contribution is -2.36. The maximum atomic E-state index is 14.6. The highest BCUT2D eigenvalue weighted by atomic mass is 32.2. The van der Waals surface area contributed by atoms with Gasteiger partial charge < -0.3 is 4.90 Å². The molecular weight excluding hydrogens is 443 g/mol. The molecule has 0 atom stereocenters. The van der Waals surface area contributed by atoms with Gasteiger partial charge in [-0.15, -0.1) is 0 Å². The van der Waals surface area contributed by atoms with Gasteiger partial charge in [-0.3, -0.25) is 4.79 Å². The van der Waals surface area contributed by atoms with Crippen LogP contribution < -0.4 is 4.90 Å². The molecule has 0 bridgehead atoms. The first-order chi connectivity index (χ1) is 14.5. The predicted molar refractivity (Wildman–Crippen MR) is 116 cm³/mol. The van der Waals surface area contributed by atoms with Crippen molar-refractivity contribution in [2.45, 2.75) is 36.5 Å². The Morgan fingerprint density at radius 1 is 1.03 bits per heavy atom. The van der Waals surface area contributed by atoms with Crippen LogP contribution in [0, 0.1) is 5.82 Å². The second kappa shape index (κ2) is 8.68. The van der Waals surface area contributed by atoms with Gasteiger partial charge in [0.1, 0.15) is 5.82 Å². The highest BCUT2D eigenvalue weighted by molar-refractivity contribution is 7.90. The van der Waals surface area contributed by atoms with E-state index in [0.717, 1.165) is 24.5 Å². The lowest BCUT2D eigenvalue weighted by atomic mass is 10.0. The van der Waals surface area contributed by atoms with Crippen LogP contribution in [0.4, 0.5) is 10.1 Å². The number of hydrogen-bond acceptors (Lipinski definition) is 5. The third-order valence-electron chi connectivity index (χ3n) is 5.35. The van der Waals surface area contributed by atoms with Gasteiger partial charge in [0, 0.05) is 31.6 Å². The maximum absolute atomic E-state index is 14.6. The number of anilines is 1. The summed E-state index contributed by atoms with van der Waals surface area (Å²) in [5.74, 6) is -1.48. The van der Waals surface area contributed by atoms with Gasteiger partial charge in [-0.05, 0) is 54.8 Å². The van der Waals surface area contributed by atoms with Crippen LogP contribution in [0.2, 0.25) is 0 Å². The molecule has 0 radical (unpaired) electrons. The van der Waals surface area contributed by atoms with Crippen molar-refractivity contribution in [3.63, 3.8) is 0 Å². The van der Waals surface area contributed by atoms with E-state index in [1.54, 1.807) is 13.8 Å². The summed E-state index contributed by atoms with van der Waals surface area (Å²) in [5.41, 5.74) is 0.836. The molecule has 1 heterocycles. The molecule has 31 heavy (non-hydrogen) atoms. The van der Waals surface area contributed by atoms with Crippen LogP contribution in [0.3, 0.4) is 0 Å². The number of nitrogens with zero attached hydrogens (tertiary/aromatic N) is 2. The van der Waals surface area contributed by atoms with Gasteiger partial charge in [0.05, 0.1) is 15.4 Å². The molecule has 0 aliphatic carbocycles. The SMILES string of the molecule is CCN(CC)S(=O)(=O)c1ccc(F)c(C(=O)N2CCCc3cc(S(C)(=O)=O)ccc32)c1. The van der Waals surface area contributed by atoms with Crippen LogP contribution in [0.25, 0.3) is 0 Å². The maximum Gasteiger partial charge on any atom is 0.261 e. The number of rotatable bonds is 6. The number of benzene rings is 2. The van der Waals surface area contributed by atoms with E-state index in [1.807, 2.05) is 0 Å². The van der Waals surface area contributed by atoms with E-state index >= 15 is 0 Å². The number of carbonyl (C=O) groups is 1. The zero-order valence-corrected chi connectivity index (χ0v) is 19.3. The van der Waals surface area contributed by atoms with Crippen LogP contribution in [0.5, 0.6) is 0 Å². The highest BCUT2D eigenvalue weighted by Gasteiger charge is 2.29. The lowest BCUT2D eigenvalue weighted by molar-refractivity contribution is 0.0981. The Hall–Kier alpha value is -2.30. The number of aryl methyl sites for hydroxylation is 1. The van der Waals surface area contributed by atoms with Crippen molar-refractivity contribution in [1.29, 1.82) is 0 Å². The van der Waals surface area contributed by atoms with Crippen LogP contribution in [0.1, 0.15) is 36.2 Å². The second-order valence-electron chi connectivity index (χ2n) is 7.35. The van der Waals surface area contributed by atoms with Gasteiger partial charge in [0.25, 0.3) is 5.91 Å². The van der Waals surface area contributed by atoms with Crippen LogP contribution in [-0.2, 0) is 26.3 Å². The Labute approximate surface area is 182 Å². The molecule has 7 nitrogen and oxygen atoms in total. The first-order valence-corrected chi connectivity index (χ1v) is 13.3. The first-order valence-electron chi connectivity index (χ1n) is 9.95. The summed E-state index contributed by atoms with van der Waals surface area (Å²) in [6.45, 7) is 4.22. The topological polar surface area (TPSA) is 91.8 Å². The zero-order valence-electron chi connectivity index (χ0n) is 17.6. The van der Waals surface area contributed by atoms with Crippen molar-refractivity contribution < 1.29 is 26.0 Å². The Bertz CT molecular complexity index is 1220. The third-order valence-corrected chi connectivity index (χ3v) is 8.51. The first kappa shape index (κ1) is 23.4. The third kappa shape index (κ3) is 4.51. The minimum atomic E-state index is -3.86. The normalized spacial score (nSPS) is 14.5. The molecule has 0 unspecified atom stereocenters. The molecule has 10 heteroatoms. The molecule has 0 aromatic heterocycles. The number of sulfonamides is 1. The summed E-state index contributed by atoms with van der Waals surface area (Å²) in [6.07, 6.45) is 2.27. The van der Waals surface area contributed by atoms with Crippen LogP contribution in [-0.4, -0.2) is 52.9 Å². The van der Waals surface area contributed by atoms with Crippen molar-refractivity contribution >= 4 is 31.5 Å². The average Bonchev–Trinajstić information content (AvgIpc) is 2.72. The minimum Gasteiger partial charge on any atom is -0.308 e. The molecule has 0 saturated heterocycles. The molecule has 3 rings (SSSR count). The molecule has 0 spiro atoms. The Morgan fingerprint density at radius 2 is 1.68 bits per heavy atom. The molecule has 1 amide bonds. The van der Waals surface area contributed by atoms with E-state index in [9.17, 15) is 26.0 Å². The number of sulfone groups is 1. The molecule has 168 valence electrons. The van der Waals surface area contributed by atoms with Crippen molar-refractivity contribution in [2.75, 3.05) is 30.8 Å². The Kier molecular flexibility index (Phi) is 6.54. The summed E-state index contributed by atoms with van der Waals surface area (Å²) in [6, 6.07) is 7.70. The molecule has 2 aromatic carbocycles. The van der Waals surface area contributed by atoms with Gasteiger partial charge >= 0.3 is 0 Å². The van der Waals surface area contributed by atoms with Gasteiger partial charge in [-0.25, -0.2) is 21.2 Å². The fraction of sp³-hybridized carbons (Fsp3) is 0.381. The standard InChI is InChI=1S/C21H25FN2O5S2/c1-4-23(5-2)31(28,29)17-8-10-19(22)18(14-17)21(25)24-12-6-7-15-13-16(30(3,26)27)9-11-20(15)24/h8-11,13-14H,4-7,12H2,1-3H3. The van der Waals surface area contributed by atoms with Crippen molar-refractivity contribution in [2.24, 2.45) is 0 Å². The largest absolute Gasteiger partial charge is 0.308 e. The molecule has 0 saturated carbocycles. The number of fused-ring (bicyclic) bond motifs is 1. The molecule has 0 fully saturated rings. The molecular formula is C21H25FN2O5S2. The second-order valence-corrected chi connectivity index (χ2v) is 11.3. The fourth-order valence-electron chi connectivity index (χ4n) is 3.70. The minimum absolute atomic E-state index is 0.148. The number of hydrogen-bond donors (Lipinski definition) is 0. The van der Waals surface area contributed by atoms with E-state index in [-0.39, 0.29) is 28.4 Å². The molecule has 1 aliphatic heterocycles. The van der Waals surface area contributed by atoms with E-state index in [1.165, 1.54) is 27.4 Å². The van der Waals surface area contributed by atoms with Gasteiger partial charge in [-0.1, -0.05) is 13.8 Å². The van der Waals surface area contributed by atoms with Gasteiger partial charge in [0.2, 0.25) is 10.0 Å². The van der Waals surface area contributed by atoms with Crippen molar-refractivity contribution in [3.05, 3.63) is 53.3 Å². The van der Waals surface area contributed by atoms with E-state index in [0.29, 0.717) is 30.6 Å². The Balaban J connectivity index is 2.04. The Morgan fingerprint density at radius 3 is 2.29 bits per heavy atom. The zero-order chi connectivity index (χ0) is 23.0. The molecule has 0 N–H and O–H groups in total. The molecule has 1 aliphatic rings. The summed E-state index contributed by atoms with van der Waals surface area (Å²) in [7, 11) is -7.26. The summed E-state index contributed by atoms with van der Waals surface area (Å²) < 4.78 is 65.1. The van der Waals surface area contributed by atoms with E-state index in [4.69, 9.17) is 0 Å². The predicted octanol–water partition coefficient (Wildman–Crippen LogP) is 2.85. The highest BCUT2D eigenvalue weighted by Crippen LogP contribution is 2.31. The average molecular weight is 469 g/mol. The van der Waals surface area contributed by atoms with Crippen molar-refractivity contribution in [3.8, 4) is 0 Å². The smallest absolute Gasteiger partial charge is 0.261 e. The van der Waals surface area contributed by atoms with E-state index in [2.05, 4.69) is 0 Å². The summed E-state index contributed by atoms with van der Waals surface area (Å²) >= 11 is 0. The van der Waals surface area contributed by atoms with Crippen LogP contribution >= 0.6 is 0 Å². The fourth-order valence-corrected chi connectivity index (χ4v) is 5.86. The van der Waals surface area contributed by atoms with E-state index < -0.39 is 31.6 Å². The number of halogens is 1. The van der Waals surface area contributed by atoms with Crippen molar-refractivity contribution in [1.82, 2.24) is 4.31 Å².